The molecule has 0 aliphatic carbocycles. The molecule has 0 saturated carbocycles. The number of ketones is 1. The highest BCUT2D eigenvalue weighted by atomic mass is 35.5. The number of benzene rings is 2. The summed E-state index contributed by atoms with van der Waals surface area (Å²) in [6.07, 6.45) is 0. The van der Waals surface area contributed by atoms with Gasteiger partial charge in [0.25, 0.3) is 0 Å². The molecule has 0 bridgehead atoms. The minimum absolute atomic E-state index is 0.125. The van der Waals surface area contributed by atoms with Crippen LogP contribution in [-0.2, 0) is 4.79 Å². The molecule has 22 heavy (non-hydrogen) atoms. The molecule has 2 aromatic rings. The van der Waals surface area contributed by atoms with Crippen molar-refractivity contribution in [2.75, 3.05) is 11.2 Å². The number of alkyl halides is 1. The summed E-state index contributed by atoms with van der Waals surface area (Å²) in [7, 11) is 0. The maximum atomic E-state index is 12.6. The van der Waals surface area contributed by atoms with Crippen LogP contribution in [0.4, 0.5) is 5.69 Å². The SMILES string of the molecule is CC(C)(CCl)C(=O)Nc1ccccc1C(=O)c1ccccc1. The number of carbonyl (C=O) groups excluding carboxylic acids is 2. The quantitative estimate of drug-likeness (QED) is 0.666. The van der Waals surface area contributed by atoms with Crippen molar-refractivity contribution in [2.45, 2.75) is 13.8 Å². The summed E-state index contributed by atoms with van der Waals surface area (Å²) in [6.45, 7) is 3.52. The normalized spacial score (nSPS) is 11.0. The summed E-state index contributed by atoms with van der Waals surface area (Å²) in [4.78, 5) is 24.9. The molecule has 0 spiro atoms. The van der Waals surface area contributed by atoms with Gasteiger partial charge >= 0.3 is 0 Å². The fraction of sp³-hybridized carbons (Fsp3) is 0.222. The first kappa shape index (κ1) is 16.2. The van der Waals surface area contributed by atoms with E-state index in [4.69, 9.17) is 11.6 Å². The molecule has 0 aromatic heterocycles. The van der Waals surface area contributed by atoms with Gasteiger partial charge in [-0.3, -0.25) is 9.59 Å². The van der Waals surface area contributed by atoms with Crippen LogP contribution in [0.15, 0.2) is 54.6 Å². The molecule has 0 heterocycles. The lowest BCUT2D eigenvalue weighted by Gasteiger charge is -2.21. The molecular formula is C18H18ClNO2. The van der Waals surface area contributed by atoms with Crippen molar-refractivity contribution in [3.8, 4) is 0 Å². The summed E-state index contributed by atoms with van der Waals surface area (Å²) in [5.41, 5.74) is 0.845. The van der Waals surface area contributed by atoms with Gasteiger partial charge in [0.15, 0.2) is 5.78 Å². The zero-order chi connectivity index (χ0) is 16.2. The summed E-state index contributed by atoms with van der Waals surface area (Å²) in [5, 5.41) is 2.81. The van der Waals surface area contributed by atoms with E-state index in [1.165, 1.54) is 0 Å². The van der Waals surface area contributed by atoms with Crippen molar-refractivity contribution in [3.63, 3.8) is 0 Å². The van der Waals surface area contributed by atoms with Gasteiger partial charge in [0.2, 0.25) is 5.91 Å². The first-order valence-corrected chi connectivity index (χ1v) is 7.55. The van der Waals surface area contributed by atoms with Crippen LogP contribution >= 0.6 is 11.6 Å². The number of anilines is 1. The van der Waals surface area contributed by atoms with E-state index in [1.54, 1.807) is 50.2 Å². The lowest BCUT2D eigenvalue weighted by molar-refractivity contribution is -0.122. The molecule has 0 radical (unpaired) electrons. The van der Waals surface area contributed by atoms with Crippen molar-refractivity contribution < 1.29 is 9.59 Å². The van der Waals surface area contributed by atoms with Gasteiger partial charge in [-0.25, -0.2) is 0 Å². The minimum atomic E-state index is -0.704. The molecule has 3 nitrogen and oxygen atoms in total. The third kappa shape index (κ3) is 3.55. The van der Waals surface area contributed by atoms with E-state index in [9.17, 15) is 9.59 Å². The Hall–Kier alpha value is -2.13. The summed E-state index contributed by atoms with van der Waals surface area (Å²) in [6, 6.07) is 16.0. The molecule has 1 N–H and O–H groups in total. The first-order valence-electron chi connectivity index (χ1n) is 7.02. The maximum absolute atomic E-state index is 12.6. The van der Waals surface area contributed by atoms with E-state index in [2.05, 4.69) is 5.32 Å². The molecule has 0 saturated heterocycles. The number of rotatable bonds is 5. The van der Waals surface area contributed by atoms with E-state index < -0.39 is 5.41 Å². The monoisotopic (exact) mass is 315 g/mol. The average Bonchev–Trinajstić information content (AvgIpc) is 2.55. The number of hydrogen-bond donors (Lipinski definition) is 1. The van der Waals surface area contributed by atoms with E-state index in [-0.39, 0.29) is 17.6 Å². The zero-order valence-corrected chi connectivity index (χ0v) is 13.4. The summed E-state index contributed by atoms with van der Waals surface area (Å²) >= 11 is 5.82. The predicted molar refractivity (Wildman–Crippen MR) is 89.4 cm³/mol. The van der Waals surface area contributed by atoms with Crippen LogP contribution in [0.25, 0.3) is 0 Å². The number of nitrogens with one attached hydrogen (secondary N) is 1. The van der Waals surface area contributed by atoms with Gasteiger partial charge in [-0.1, -0.05) is 42.5 Å². The fourth-order valence-corrected chi connectivity index (χ4v) is 2.01. The lowest BCUT2D eigenvalue weighted by atomic mass is 9.94. The van der Waals surface area contributed by atoms with Crippen LogP contribution in [0.5, 0.6) is 0 Å². The second-order valence-corrected chi connectivity index (χ2v) is 5.98. The molecule has 0 unspecified atom stereocenters. The number of carbonyl (C=O) groups is 2. The van der Waals surface area contributed by atoms with Gasteiger partial charge in [0.05, 0.1) is 11.1 Å². The Labute approximate surface area is 135 Å². The zero-order valence-electron chi connectivity index (χ0n) is 12.6. The molecule has 0 fully saturated rings. The topological polar surface area (TPSA) is 46.2 Å². The van der Waals surface area contributed by atoms with E-state index in [1.807, 2.05) is 18.2 Å². The Bertz CT molecular complexity index is 680. The number of hydrogen-bond acceptors (Lipinski definition) is 2. The minimum Gasteiger partial charge on any atom is -0.325 e. The highest BCUT2D eigenvalue weighted by Gasteiger charge is 2.27. The predicted octanol–water partition coefficient (Wildman–Crippen LogP) is 4.12. The Morgan fingerprint density at radius 2 is 1.59 bits per heavy atom. The Kier molecular flexibility index (Phi) is 4.99. The van der Waals surface area contributed by atoms with Crippen molar-refractivity contribution >= 4 is 29.0 Å². The Balaban J connectivity index is 2.32. The van der Waals surface area contributed by atoms with Crippen molar-refractivity contribution in [1.82, 2.24) is 0 Å². The molecule has 2 rings (SSSR count). The average molecular weight is 316 g/mol. The standard InChI is InChI=1S/C18H18ClNO2/c1-18(2,12-19)17(22)20-15-11-7-6-10-14(15)16(21)13-8-4-3-5-9-13/h3-11H,12H2,1-2H3,(H,20,22). The smallest absolute Gasteiger partial charge is 0.231 e. The highest BCUT2D eigenvalue weighted by Crippen LogP contribution is 2.24. The second-order valence-electron chi connectivity index (χ2n) is 5.71. The molecule has 4 heteroatoms. The molecule has 2 aromatic carbocycles. The first-order chi connectivity index (χ1) is 10.5. The van der Waals surface area contributed by atoms with Gasteiger partial charge in [0, 0.05) is 17.0 Å². The highest BCUT2D eigenvalue weighted by molar-refractivity contribution is 6.20. The number of halogens is 1. The number of para-hydroxylation sites is 1. The summed E-state index contributed by atoms with van der Waals surface area (Å²) < 4.78 is 0. The van der Waals surface area contributed by atoms with Gasteiger partial charge in [0.1, 0.15) is 0 Å². The van der Waals surface area contributed by atoms with Gasteiger partial charge in [-0.05, 0) is 26.0 Å². The molecule has 0 atom stereocenters. The van der Waals surface area contributed by atoms with Gasteiger partial charge < -0.3 is 5.32 Å². The van der Waals surface area contributed by atoms with Crippen LogP contribution in [-0.4, -0.2) is 17.6 Å². The third-order valence-electron chi connectivity index (χ3n) is 3.40. The van der Waals surface area contributed by atoms with Gasteiger partial charge in [-0.15, -0.1) is 11.6 Å². The Morgan fingerprint density at radius 3 is 2.23 bits per heavy atom. The number of amides is 1. The van der Waals surface area contributed by atoms with Crippen LogP contribution in [0.3, 0.4) is 0 Å². The van der Waals surface area contributed by atoms with Crippen LogP contribution in [0.1, 0.15) is 29.8 Å². The lowest BCUT2D eigenvalue weighted by Crippen LogP contribution is -2.32. The molecule has 114 valence electrons. The third-order valence-corrected chi connectivity index (χ3v) is 4.07. The van der Waals surface area contributed by atoms with E-state index >= 15 is 0 Å². The molecule has 0 aliphatic rings. The van der Waals surface area contributed by atoms with E-state index in [0.29, 0.717) is 16.8 Å². The van der Waals surface area contributed by atoms with Crippen LogP contribution < -0.4 is 5.32 Å². The largest absolute Gasteiger partial charge is 0.325 e. The van der Waals surface area contributed by atoms with Crippen molar-refractivity contribution in [2.24, 2.45) is 5.41 Å². The van der Waals surface area contributed by atoms with Gasteiger partial charge in [-0.2, -0.15) is 0 Å². The van der Waals surface area contributed by atoms with Crippen LogP contribution in [0, 0.1) is 5.41 Å². The summed E-state index contributed by atoms with van der Waals surface area (Å²) in [5.74, 6) is -0.135. The van der Waals surface area contributed by atoms with Crippen molar-refractivity contribution in [1.29, 1.82) is 0 Å². The molecule has 0 aliphatic heterocycles. The second kappa shape index (κ2) is 6.75. The van der Waals surface area contributed by atoms with Crippen molar-refractivity contribution in [3.05, 3.63) is 65.7 Å². The fourth-order valence-electron chi connectivity index (χ4n) is 1.89. The molecular weight excluding hydrogens is 298 g/mol. The van der Waals surface area contributed by atoms with Crippen LogP contribution in [0.2, 0.25) is 0 Å². The Morgan fingerprint density at radius 1 is 1.00 bits per heavy atom. The van der Waals surface area contributed by atoms with E-state index in [0.717, 1.165) is 0 Å². The molecule has 1 amide bonds. The maximum Gasteiger partial charge on any atom is 0.231 e.